The van der Waals surface area contributed by atoms with Crippen LogP contribution in [0.2, 0.25) is 0 Å². The van der Waals surface area contributed by atoms with Crippen LogP contribution in [0.15, 0.2) is 24.5 Å². The molecule has 1 aromatic rings. The number of ether oxygens (including phenoxy) is 3. The van der Waals surface area contributed by atoms with Crippen LogP contribution in [0.5, 0.6) is 5.75 Å². The molecule has 0 aromatic carbocycles. The van der Waals surface area contributed by atoms with Crippen molar-refractivity contribution in [2.24, 2.45) is 0 Å². The van der Waals surface area contributed by atoms with Crippen LogP contribution in [0.1, 0.15) is 12.8 Å². The maximum atomic E-state index is 6.07. The van der Waals surface area contributed by atoms with Gasteiger partial charge in [0, 0.05) is 39.4 Å². The molecule has 3 heterocycles. The molecule has 2 atom stereocenters. The summed E-state index contributed by atoms with van der Waals surface area (Å²) in [6.07, 6.45) is 5.70. The second kappa shape index (κ2) is 6.08. The third-order valence-electron chi connectivity index (χ3n) is 4.12. The molecule has 5 heteroatoms. The molecule has 5 nitrogen and oxygen atoms in total. The van der Waals surface area contributed by atoms with Crippen molar-refractivity contribution < 1.29 is 14.2 Å². The molecule has 110 valence electrons. The van der Waals surface area contributed by atoms with E-state index in [1.165, 1.54) is 0 Å². The van der Waals surface area contributed by atoms with E-state index in [2.05, 4.69) is 9.88 Å². The van der Waals surface area contributed by atoms with Gasteiger partial charge in [-0.2, -0.15) is 0 Å². The minimum absolute atomic E-state index is 0.0133. The molecule has 3 rings (SSSR count). The predicted molar refractivity (Wildman–Crippen MR) is 74.9 cm³/mol. The Hall–Kier alpha value is -1.17. The summed E-state index contributed by atoms with van der Waals surface area (Å²) in [5.41, 5.74) is -0.0133. The average molecular weight is 278 g/mol. The van der Waals surface area contributed by atoms with Crippen LogP contribution in [0, 0.1) is 0 Å². The van der Waals surface area contributed by atoms with E-state index in [9.17, 15) is 0 Å². The molecule has 1 spiro atoms. The number of likely N-dealkylation sites (tertiary alicyclic amines) is 1. The zero-order valence-corrected chi connectivity index (χ0v) is 12.0. The lowest BCUT2D eigenvalue weighted by molar-refractivity contribution is 0.00836. The van der Waals surface area contributed by atoms with Crippen molar-refractivity contribution in [1.29, 1.82) is 0 Å². The normalized spacial score (nSPS) is 30.1. The molecule has 0 amide bonds. The Labute approximate surface area is 119 Å². The Balaban J connectivity index is 1.52. The predicted octanol–water partition coefficient (Wildman–Crippen LogP) is 1.34. The monoisotopic (exact) mass is 278 g/mol. The summed E-state index contributed by atoms with van der Waals surface area (Å²) in [5.74, 6) is 0.826. The Morgan fingerprint density at radius 2 is 2.50 bits per heavy atom. The fourth-order valence-corrected chi connectivity index (χ4v) is 3.11. The summed E-state index contributed by atoms with van der Waals surface area (Å²) >= 11 is 0. The van der Waals surface area contributed by atoms with Crippen molar-refractivity contribution in [3.63, 3.8) is 0 Å². The molecule has 0 N–H and O–H groups in total. The first-order chi connectivity index (χ1) is 9.80. The third-order valence-corrected chi connectivity index (χ3v) is 4.12. The molecule has 2 saturated heterocycles. The van der Waals surface area contributed by atoms with E-state index in [0.29, 0.717) is 6.61 Å². The van der Waals surface area contributed by atoms with Crippen molar-refractivity contribution in [3.05, 3.63) is 24.5 Å². The molecule has 0 aliphatic carbocycles. The van der Waals surface area contributed by atoms with Crippen molar-refractivity contribution in [3.8, 4) is 5.75 Å². The minimum atomic E-state index is -0.0133. The van der Waals surface area contributed by atoms with E-state index in [1.807, 2.05) is 12.1 Å². The molecule has 0 radical (unpaired) electrons. The van der Waals surface area contributed by atoms with Crippen LogP contribution >= 0.6 is 0 Å². The highest BCUT2D eigenvalue weighted by Gasteiger charge is 2.46. The number of hydrogen-bond acceptors (Lipinski definition) is 5. The highest BCUT2D eigenvalue weighted by Crippen LogP contribution is 2.36. The minimum Gasteiger partial charge on any atom is -0.486 e. The van der Waals surface area contributed by atoms with E-state index < -0.39 is 0 Å². The second-order valence-electron chi connectivity index (χ2n) is 5.65. The van der Waals surface area contributed by atoms with Crippen molar-refractivity contribution in [2.45, 2.75) is 24.5 Å². The lowest BCUT2D eigenvalue weighted by Crippen LogP contribution is -2.34. The zero-order valence-electron chi connectivity index (χ0n) is 12.0. The molecule has 0 bridgehead atoms. The molecule has 2 fully saturated rings. The Morgan fingerprint density at radius 1 is 1.55 bits per heavy atom. The fourth-order valence-electron chi connectivity index (χ4n) is 3.11. The van der Waals surface area contributed by atoms with Crippen LogP contribution in [-0.2, 0) is 9.47 Å². The largest absolute Gasteiger partial charge is 0.486 e. The van der Waals surface area contributed by atoms with Gasteiger partial charge in [0.1, 0.15) is 11.9 Å². The van der Waals surface area contributed by atoms with Gasteiger partial charge in [0.25, 0.3) is 0 Å². The van der Waals surface area contributed by atoms with Gasteiger partial charge in [-0.25, -0.2) is 0 Å². The smallest absolute Gasteiger partial charge is 0.138 e. The molecule has 2 aliphatic rings. The number of aromatic nitrogens is 1. The first-order valence-electron chi connectivity index (χ1n) is 7.22. The maximum Gasteiger partial charge on any atom is 0.138 e. The molecule has 2 aliphatic heterocycles. The topological polar surface area (TPSA) is 43.8 Å². The lowest BCUT2D eigenvalue weighted by Gasteiger charge is -2.23. The van der Waals surface area contributed by atoms with E-state index in [4.69, 9.17) is 14.2 Å². The lowest BCUT2D eigenvalue weighted by atomic mass is 9.98. The summed E-state index contributed by atoms with van der Waals surface area (Å²) in [5, 5.41) is 0. The number of nitrogens with zero attached hydrogens (tertiary/aromatic N) is 2. The van der Waals surface area contributed by atoms with Gasteiger partial charge in [0.15, 0.2) is 0 Å². The summed E-state index contributed by atoms with van der Waals surface area (Å²) in [7, 11) is 1.75. The van der Waals surface area contributed by atoms with Gasteiger partial charge in [-0.05, 0) is 18.6 Å². The second-order valence-corrected chi connectivity index (χ2v) is 5.65. The van der Waals surface area contributed by atoms with Crippen LogP contribution in [0.3, 0.4) is 0 Å². The Bertz CT molecular complexity index is 428. The maximum absolute atomic E-state index is 6.07. The highest BCUT2D eigenvalue weighted by molar-refractivity contribution is 5.16. The molecule has 0 saturated carbocycles. The van der Waals surface area contributed by atoms with Crippen LogP contribution in [0.4, 0.5) is 0 Å². The van der Waals surface area contributed by atoms with Gasteiger partial charge < -0.3 is 14.2 Å². The van der Waals surface area contributed by atoms with Crippen molar-refractivity contribution in [1.82, 2.24) is 9.88 Å². The Morgan fingerprint density at radius 3 is 3.30 bits per heavy atom. The molecule has 0 unspecified atom stereocenters. The fraction of sp³-hybridized carbons (Fsp3) is 0.667. The zero-order chi connectivity index (χ0) is 13.8. The van der Waals surface area contributed by atoms with E-state index >= 15 is 0 Å². The van der Waals surface area contributed by atoms with Crippen LogP contribution in [0.25, 0.3) is 0 Å². The van der Waals surface area contributed by atoms with Gasteiger partial charge in [0.2, 0.25) is 0 Å². The first kappa shape index (κ1) is 13.8. The Kier molecular flexibility index (Phi) is 4.19. The number of rotatable bonds is 5. The summed E-state index contributed by atoms with van der Waals surface area (Å²) < 4.78 is 17.2. The molecular weight excluding hydrogens is 256 g/mol. The van der Waals surface area contributed by atoms with Gasteiger partial charge in [-0.3, -0.25) is 9.88 Å². The van der Waals surface area contributed by atoms with Crippen LogP contribution in [-0.4, -0.2) is 61.5 Å². The summed E-state index contributed by atoms with van der Waals surface area (Å²) in [6.45, 7) is 4.51. The standard InChI is InChI=1S/C15H22N2O3/c1-18-8-7-17-6-4-15(12-17)9-14(11-19-15)20-13-3-2-5-16-10-13/h2-3,5,10,14H,4,6-9,11-12H2,1H3/t14-,15+/m1/s1. The summed E-state index contributed by atoms with van der Waals surface area (Å²) in [4.78, 5) is 6.49. The van der Waals surface area contributed by atoms with Gasteiger partial charge >= 0.3 is 0 Å². The summed E-state index contributed by atoms with van der Waals surface area (Å²) in [6, 6.07) is 3.83. The van der Waals surface area contributed by atoms with Gasteiger partial charge in [-0.1, -0.05) is 0 Å². The van der Waals surface area contributed by atoms with Crippen molar-refractivity contribution in [2.75, 3.05) is 40.0 Å². The molecule has 1 aromatic heterocycles. The average Bonchev–Trinajstić information content (AvgIpc) is 3.05. The third kappa shape index (κ3) is 3.11. The quantitative estimate of drug-likeness (QED) is 0.813. The SMILES string of the molecule is COCCN1CC[C@]2(C[C@@H](Oc3cccnc3)CO2)C1. The number of methoxy groups -OCH3 is 1. The molecule has 20 heavy (non-hydrogen) atoms. The van der Waals surface area contributed by atoms with Gasteiger partial charge in [0.05, 0.1) is 25.0 Å². The highest BCUT2D eigenvalue weighted by atomic mass is 16.6. The van der Waals surface area contributed by atoms with Gasteiger partial charge in [-0.15, -0.1) is 0 Å². The van der Waals surface area contributed by atoms with Crippen molar-refractivity contribution >= 4 is 0 Å². The molecular formula is C15H22N2O3. The van der Waals surface area contributed by atoms with E-state index in [0.717, 1.165) is 44.8 Å². The number of hydrogen-bond donors (Lipinski definition) is 0. The van der Waals surface area contributed by atoms with E-state index in [-0.39, 0.29) is 11.7 Å². The number of pyridine rings is 1. The van der Waals surface area contributed by atoms with E-state index in [1.54, 1.807) is 19.5 Å². The van der Waals surface area contributed by atoms with Crippen LogP contribution < -0.4 is 4.74 Å². The first-order valence-corrected chi connectivity index (χ1v) is 7.22.